The minimum absolute atomic E-state index is 0. The van der Waals surface area contributed by atoms with Gasteiger partial charge in [-0.15, -0.1) is 12.4 Å². The first-order chi connectivity index (χ1) is 14.3. The lowest BCUT2D eigenvalue weighted by molar-refractivity contribution is 0.0611. The first kappa shape index (κ1) is 20.6. The van der Waals surface area contributed by atoms with Gasteiger partial charge in [-0.05, 0) is 0 Å². The smallest absolute Gasteiger partial charge is 0.274 e. The van der Waals surface area contributed by atoms with Crippen molar-refractivity contribution in [2.45, 2.75) is 19.5 Å². The molecule has 3 aromatic rings. The van der Waals surface area contributed by atoms with Crippen LogP contribution in [0.2, 0.25) is 0 Å². The molecule has 0 saturated carbocycles. The summed E-state index contributed by atoms with van der Waals surface area (Å²) in [4.78, 5) is 21.5. The summed E-state index contributed by atoms with van der Waals surface area (Å²) in [5.74, 6) is 1.51. The molecule has 2 aliphatic heterocycles. The molecule has 2 aliphatic rings. The SMILES string of the molecule is Cl.O=C(c1n[nH]c2c1CNCC2)N1CCN(Cc2ncc(-c3ccccc3)o2)CC1. The average molecular weight is 429 g/mol. The van der Waals surface area contributed by atoms with Gasteiger partial charge in [0.2, 0.25) is 5.89 Å². The number of rotatable bonds is 4. The Balaban J connectivity index is 0.00000218. The number of hydrogen-bond acceptors (Lipinski definition) is 6. The third kappa shape index (κ3) is 4.12. The third-order valence-corrected chi connectivity index (χ3v) is 5.64. The number of H-pyrrole nitrogens is 1. The maximum Gasteiger partial charge on any atom is 0.274 e. The van der Waals surface area contributed by atoms with Crippen LogP contribution in [0.5, 0.6) is 0 Å². The summed E-state index contributed by atoms with van der Waals surface area (Å²) in [6.07, 6.45) is 2.67. The lowest BCUT2D eigenvalue weighted by Gasteiger charge is -2.33. The number of hydrogen-bond donors (Lipinski definition) is 2. The van der Waals surface area contributed by atoms with Crippen molar-refractivity contribution in [2.75, 3.05) is 32.7 Å². The Morgan fingerprint density at radius 1 is 1.13 bits per heavy atom. The summed E-state index contributed by atoms with van der Waals surface area (Å²) in [7, 11) is 0. The number of carbonyl (C=O) groups excluding carboxylic acids is 1. The minimum Gasteiger partial charge on any atom is -0.439 e. The summed E-state index contributed by atoms with van der Waals surface area (Å²) in [5, 5.41) is 10.6. The number of aromatic nitrogens is 3. The van der Waals surface area contributed by atoms with Crippen LogP contribution in [-0.4, -0.2) is 63.6 Å². The van der Waals surface area contributed by atoms with E-state index in [1.807, 2.05) is 35.2 Å². The number of piperazine rings is 1. The predicted molar refractivity (Wildman–Crippen MR) is 114 cm³/mol. The number of halogens is 1. The lowest BCUT2D eigenvalue weighted by atomic mass is 10.1. The molecule has 0 spiro atoms. The fourth-order valence-electron chi connectivity index (χ4n) is 3.97. The molecule has 2 N–H and O–H groups in total. The molecule has 0 atom stereocenters. The molecule has 8 nitrogen and oxygen atoms in total. The molecule has 2 aromatic heterocycles. The molecule has 30 heavy (non-hydrogen) atoms. The van der Waals surface area contributed by atoms with Gasteiger partial charge in [0, 0.05) is 62.5 Å². The summed E-state index contributed by atoms with van der Waals surface area (Å²) < 4.78 is 5.91. The first-order valence-electron chi connectivity index (χ1n) is 10.1. The maximum atomic E-state index is 12.9. The van der Waals surface area contributed by atoms with Gasteiger partial charge in [-0.2, -0.15) is 5.10 Å². The molecule has 0 radical (unpaired) electrons. The van der Waals surface area contributed by atoms with Crippen LogP contribution in [0.25, 0.3) is 11.3 Å². The molecular formula is C21H25ClN6O2. The zero-order valence-electron chi connectivity index (χ0n) is 16.6. The van der Waals surface area contributed by atoms with Crippen LogP contribution in [0.15, 0.2) is 40.9 Å². The first-order valence-corrected chi connectivity index (χ1v) is 10.1. The van der Waals surface area contributed by atoms with Crippen molar-refractivity contribution in [3.63, 3.8) is 0 Å². The predicted octanol–water partition coefficient (Wildman–Crippen LogP) is 2.09. The second-order valence-electron chi connectivity index (χ2n) is 7.51. The summed E-state index contributed by atoms with van der Waals surface area (Å²) >= 11 is 0. The highest BCUT2D eigenvalue weighted by molar-refractivity contribution is 5.94. The molecule has 1 aromatic carbocycles. The second-order valence-corrected chi connectivity index (χ2v) is 7.51. The molecule has 5 rings (SSSR count). The van der Waals surface area contributed by atoms with Gasteiger partial charge in [-0.3, -0.25) is 14.8 Å². The molecule has 158 valence electrons. The van der Waals surface area contributed by atoms with E-state index in [1.54, 1.807) is 6.20 Å². The Kier molecular flexibility index (Phi) is 6.17. The summed E-state index contributed by atoms with van der Waals surface area (Å²) in [6, 6.07) is 9.98. The zero-order valence-corrected chi connectivity index (χ0v) is 17.5. The van der Waals surface area contributed by atoms with Crippen molar-refractivity contribution in [2.24, 2.45) is 0 Å². The van der Waals surface area contributed by atoms with E-state index in [0.29, 0.717) is 37.8 Å². The van der Waals surface area contributed by atoms with Crippen LogP contribution in [0.4, 0.5) is 0 Å². The average Bonchev–Trinajstić information content (AvgIpc) is 3.42. The second kappa shape index (κ2) is 8.99. The van der Waals surface area contributed by atoms with Crippen molar-refractivity contribution < 1.29 is 9.21 Å². The standard InChI is InChI=1S/C21H24N6O2.ClH/c28-21(20-16-12-22-7-6-17(16)24-25-20)27-10-8-26(9-11-27)14-19-23-13-18(29-19)15-4-2-1-3-5-15;/h1-5,13,22H,6-12,14H2,(H,24,25);1H. The van der Waals surface area contributed by atoms with E-state index in [1.165, 1.54) is 0 Å². The minimum atomic E-state index is 0. The molecule has 1 saturated heterocycles. The van der Waals surface area contributed by atoms with Gasteiger partial charge in [0.05, 0.1) is 12.7 Å². The summed E-state index contributed by atoms with van der Waals surface area (Å²) in [5.41, 5.74) is 3.71. The highest BCUT2D eigenvalue weighted by atomic mass is 35.5. The number of nitrogens with zero attached hydrogens (tertiary/aromatic N) is 4. The summed E-state index contributed by atoms with van der Waals surface area (Å²) in [6.45, 7) is 5.23. The molecule has 0 bridgehead atoms. The molecule has 0 aliphatic carbocycles. The van der Waals surface area contributed by atoms with Gasteiger partial charge in [-0.25, -0.2) is 4.98 Å². The van der Waals surface area contributed by atoms with E-state index in [-0.39, 0.29) is 18.3 Å². The van der Waals surface area contributed by atoms with E-state index >= 15 is 0 Å². The van der Waals surface area contributed by atoms with E-state index in [9.17, 15) is 4.79 Å². The number of amides is 1. The quantitative estimate of drug-likeness (QED) is 0.661. The van der Waals surface area contributed by atoms with Crippen molar-refractivity contribution in [3.05, 3.63) is 59.4 Å². The molecule has 1 amide bonds. The monoisotopic (exact) mass is 428 g/mol. The lowest BCUT2D eigenvalue weighted by Crippen LogP contribution is -2.48. The topological polar surface area (TPSA) is 90.3 Å². The Hall–Kier alpha value is -2.68. The van der Waals surface area contributed by atoms with Crippen molar-refractivity contribution in [1.82, 2.24) is 30.3 Å². The Bertz CT molecular complexity index is 994. The van der Waals surface area contributed by atoms with E-state index in [2.05, 4.69) is 25.4 Å². The van der Waals surface area contributed by atoms with Crippen LogP contribution in [-0.2, 0) is 19.5 Å². The normalized spacial score (nSPS) is 16.7. The highest BCUT2D eigenvalue weighted by Crippen LogP contribution is 2.21. The highest BCUT2D eigenvalue weighted by Gasteiger charge is 2.28. The molecule has 9 heteroatoms. The Morgan fingerprint density at radius 2 is 1.93 bits per heavy atom. The molecular weight excluding hydrogens is 404 g/mol. The molecule has 0 unspecified atom stereocenters. The number of oxazole rings is 1. The van der Waals surface area contributed by atoms with Gasteiger partial charge >= 0.3 is 0 Å². The number of nitrogens with one attached hydrogen (secondary N) is 2. The fraction of sp³-hybridized carbons (Fsp3) is 0.381. The number of aromatic amines is 1. The Labute approximate surface area is 181 Å². The van der Waals surface area contributed by atoms with E-state index in [4.69, 9.17) is 4.42 Å². The van der Waals surface area contributed by atoms with E-state index < -0.39 is 0 Å². The van der Waals surface area contributed by atoms with Crippen LogP contribution in [0, 0.1) is 0 Å². The van der Waals surface area contributed by atoms with Crippen molar-refractivity contribution in [1.29, 1.82) is 0 Å². The zero-order chi connectivity index (χ0) is 19.6. The largest absolute Gasteiger partial charge is 0.439 e. The Morgan fingerprint density at radius 3 is 2.73 bits per heavy atom. The fourth-order valence-corrected chi connectivity index (χ4v) is 3.97. The molecule has 1 fully saturated rings. The third-order valence-electron chi connectivity index (χ3n) is 5.64. The van der Waals surface area contributed by atoms with Crippen LogP contribution < -0.4 is 5.32 Å². The van der Waals surface area contributed by atoms with Crippen LogP contribution >= 0.6 is 12.4 Å². The van der Waals surface area contributed by atoms with Gasteiger partial charge in [0.15, 0.2) is 11.5 Å². The number of carbonyl (C=O) groups is 1. The van der Waals surface area contributed by atoms with E-state index in [0.717, 1.165) is 48.6 Å². The van der Waals surface area contributed by atoms with Gasteiger partial charge in [0.25, 0.3) is 5.91 Å². The van der Waals surface area contributed by atoms with Gasteiger partial charge in [0.1, 0.15) is 0 Å². The van der Waals surface area contributed by atoms with Gasteiger partial charge < -0.3 is 14.6 Å². The maximum absolute atomic E-state index is 12.9. The number of benzene rings is 1. The van der Waals surface area contributed by atoms with Crippen molar-refractivity contribution >= 4 is 18.3 Å². The van der Waals surface area contributed by atoms with Crippen LogP contribution in [0.3, 0.4) is 0 Å². The number of fused-ring (bicyclic) bond motifs is 1. The van der Waals surface area contributed by atoms with Crippen molar-refractivity contribution in [3.8, 4) is 11.3 Å². The molecule has 4 heterocycles. The van der Waals surface area contributed by atoms with Gasteiger partial charge in [-0.1, -0.05) is 30.3 Å². The van der Waals surface area contributed by atoms with Crippen LogP contribution in [0.1, 0.15) is 27.6 Å².